The molecule has 0 radical (unpaired) electrons. The van der Waals surface area contributed by atoms with E-state index in [4.69, 9.17) is 5.73 Å². The molecule has 0 heterocycles. The summed E-state index contributed by atoms with van der Waals surface area (Å²) in [5.74, 6) is 0. The topological polar surface area (TPSA) is 69.2 Å². The molecule has 1 aliphatic carbocycles. The fourth-order valence-corrected chi connectivity index (χ4v) is 0.754. The number of nitro groups is 1. The summed E-state index contributed by atoms with van der Waals surface area (Å²) in [5.41, 5.74) is 2.33. The summed E-state index contributed by atoms with van der Waals surface area (Å²) in [6.45, 7) is 1.35. The van der Waals surface area contributed by atoms with Gasteiger partial charge in [-0.25, -0.2) is 8.78 Å². The van der Waals surface area contributed by atoms with E-state index in [1.54, 1.807) is 0 Å². The molecule has 0 aromatic heterocycles. The van der Waals surface area contributed by atoms with Gasteiger partial charge in [0.2, 0.25) is 0 Å². The lowest BCUT2D eigenvalue weighted by Gasteiger charge is -2.07. The fourth-order valence-electron chi connectivity index (χ4n) is 0.754. The maximum atomic E-state index is 13.0. The summed E-state index contributed by atoms with van der Waals surface area (Å²) in [4.78, 5) is 9.58. The average Bonchev–Trinajstić information content (AvgIpc) is 2.99. The Morgan fingerprint density at radius 2 is 1.94 bits per heavy atom. The Balaban J connectivity index is 0.000000728. The van der Waals surface area contributed by atoms with Crippen molar-refractivity contribution in [2.24, 2.45) is 5.73 Å². The average molecular weight is 248 g/mol. The minimum Gasteiger partial charge on any atom is -0.393 e. The Labute approximate surface area is 99.3 Å². The van der Waals surface area contributed by atoms with Gasteiger partial charge in [-0.2, -0.15) is 0 Å². The summed E-state index contributed by atoms with van der Waals surface area (Å²) in [7, 11) is 0. The molecule has 0 aromatic rings. The van der Waals surface area contributed by atoms with Crippen molar-refractivity contribution in [1.29, 1.82) is 0 Å². The van der Waals surface area contributed by atoms with Gasteiger partial charge in [-0.15, -0.1) is 0 Å². The number of hydrogen-bond acceptors (Lipinski definition) is 3. The van der Waals surface area contributed by atoms with Gasteiger partial charge in [-0.3, -0.25) is 10.1 Å². The van der Waals surface area contributed by atoms with Gasteiger partial charge < -0.3 is 5.73 Å². The number of nitrogens with two attached hydrogens (primary N) is 1. The molecular formula is C11H18F2N2O2. The van der Waals surface area contributed by atoms with Crippen LogP contribution in [0.25, 0.3) is 0 Å². The molecule has 17 heavy (non-hydrogen) atoms. The number of rotatable bonds is 4. The van der Waals surface area contributed by atoms with E-state index in [0.717, 1.165) is 26.0 Å². The number of hydrogen-bond donors (Lipinski definition) is 1. The highest BCUT2D eigenvalue weighted by Crippen LogP contribution is 2.16. The Bertz CT molecular complexity index is 315. The molecule has 6 heteroatoms. The van der Waals surface area contributed by atoms with Gasteiger partial charge in [0.25, 0.3) is 5.70 Å². The smallest absolute Gasteiger partial charge is 0.291 e. The van der Waals surface area contributed by atoms with Crippen LogP contribution in [-0.4, -0.2) is 17.3 Å². The first kappa shape index (κ1) is 15.5. The van der Waals surface area contributed by atoms with Crippen LogP contribution in [0.4, 0.5) is 8.78 Å². The van der Waals surface area contributed by atoms with Gasteiger partial charge >= 0.3 is 0 Å². The second-order valence-electron chi connectivity index (χ2n) is 4.23. The molecule has 1 rings (SSSR count). The van der Waals surface area contributed by atoms with Crippen LogP contribution in [0.1, 0.15) is 33.1 Å². The van der Waals surface area contributed by atoms with Crippen molar-refractivity contribution in [3.05, 3.63) is 33.7 Å². The SMILES string of the molecule is C1CC1.CC(C)(F)/C=C(\C(N)=C/CF)[N+](=O)[O-]. The number of halogens is 2. The van der Waals surface area contributed by atoms with Crippen LogP contribution in [0.15, 0.2) is 23.5 Å². The highest BCUT2D eigenvalue weighted by atomic mass is 19.1. The molecule has 0 unspecified atom stereocenters. The maximum Gasteiger partial charge on any atom is 0.291 e. The van der Waals surface area contributed by atoms with Crippen LogP contribution in [0.2, 0.25) is 0 Å². The van der Waals surface area contributed by atoms with Gasteiger partial charge in [0.1, 0.15) is 18.0 Å². The summed E-state index contributed by atoms with van der Waals surface area (Å²) in [6, 6.07) is 0. The van der Waals surface area contributed by atoms with Gasteiger partial charge in [-0.1, -0.05) is 19.3 Å². The van der Waals surface area contributed by atoms with Crippen molar-refractivity contribution in [3.63, 3.8) is 0 Å². The van der Waals surface area contributed by atoms with E-state index in [2.05, 4.69) is 0 Å². The minimum atomic E-state index is -1.86. The third-order valence-corrected chi connectivity index (χ3v) is 1.62. The lowest BCUT2D eigenvalue weighted by Crippen LogP contribution is -2.16. The first-order valence-electron chi connectivity index (χ1n) is 5.36. The van der Waals surface area contributed by atoms with Gasteiger partial charge in [-0.05, 0) is 19.9 Å². The van der Waals surface area contributed by atoms with Crippen molar-refractivity contribution in [2.75, 3.05) is 6.67 Å². The second kappa shape index (κ2) is 6.98. The molecule has 1 fully saturated rings. The molecule has 0 spiro atoms. The minimum absolute atomic E-state index is 0.372. The van der Waals surface area contributed by atoms with E-state index in [9.17, 15) is 18.9 Å². The molecule has 0 bridgehead atoms. The van der Waals surface area contributed by atoms with Crippen LogP contribution < -0.4 is 5.73 Å². The third-order valence-electron chi connectivity index (χ3n) is 1.62. The Kier molecular flexibility index (Phi) is 6.38. The normalized spacial score (nSPS) is 16.0. The van der Waals surface area contributed by atoms with Crippen LogP contribution in [0, 0.1) is 10.1 Å². The Morgan fingerprint density at radius 3 is 2.18 bits per heavy atom. The molecule has 0 amide bonds. The fraction of sp³-hybridized carbons (Fsp3) is 0.636. The van der Waals surface area contributed by atoms with E-state index < -0.39 is 23.0 Å². The molecule has 0 aliphatic heterocycles. The molecule has 98 valence electrons. The highest BCUT2D eigenvalue weighted by molar-refractivity contribution is 5.24. The predicted molar refractivity (Wildman–Crippen MR) is 62.4 cm³/mol. The summed E-state index contributed by atoms with van der Waals surface area (Å²) >= 11 is 0. The zero-order valence-corrected chi connectivity index (χ0v) is 10.1. The Morgan fingerprint density at radius 1 is 1.47 bits per heavy atom. The van der Waals surface area contributed by atoms with Crippen molar-refractivity contribution in [3.8, 4) is 0 Å². The van der Waals surface area contributed by atoms with E-state index in [-0.39, 0.29) is 5.70 Å². The molecule has 4 nitrogen and oxygen atoms in total. The second-order valence-corrected chi connectivity index (χ2v) is 4.23. The van der Waals surface area contributed by atoms with E-state index in [0.29, 0.717) is 0 Å². The lowest BCUT2D eigenvalue weighted by molar-refractivity contribution is -0.421. The monoisotopic (exact) mass is 248 g/mol. The molecule has 0 aromatic carbocycles. The zero-order chi connectivity index (χ0) is 13.5. The van der Waals surface area contributed by atoms with E-state index in [1.807, 2.05) is 0 Å². The van der Waals surface area contributed by atoms with Crippen molar-refractivity contribution < 1.29 is 13.7 Å². The van der Waals surface area contributed by atoms with E-state index in [1.165, 1.54) is 19.3 Å². The van der Waals surface area contributed by atoms with Crippen LogP contribution in [0.5, 0.6) is 0 Å². The van der Waals surface area contributed by atoms with Crippen molar-refractivity contribution in [2.45, 2.75) is 38.8 Å². The largest absolute Gasteiger partial charge is 0.393 e. The van der Waals surface area contributed by atoms with Crippen LogP contribution in [0.3, 0.4) is 0 Å². The summed E-state index contributed by atoms with van der Waals surface area (Å²) in [6.07, 6.45) is 6.06. The zero-order valence-electron chi connectivity index (χ0n) is 10.1. The molecule has 2 N–H and O–H groups in total. The molecule has 0 atom stereocenters. The Hall–Kier alpha value is -1.46. The number of nitrogens with zero attached hydrogens (tertiary/aromatic N) is 1. The van der Waals surface area contributed by atoms with Crippen molar-refractivity contribution in [1.82, 2.24) is 0 Å². The summed E-state index contributed by atoms with van der Waals surface area (Å²) in [5, 5.41) is 10.4. The van der Waals surface area contributed by atoms with Crippen LogP contribution in [-0.2, 0) is 0 Å². The maximum absolute atomic E-state index is 13.0. The van der Waals surface area contributed by atoms with Crippen LogP contribution >= 0.6 is 0 Å². The van der Waals surface area contributed by atoms with Gasteiger partial charge in [0, 0.05) is 6.08 Å². The third kappa shape index (κ3) is 9.47. The van der Waals surface area contributed by atoms with Gasteiger partial charge in [0.15, 0.2) is 0 Å². The first-order chi connectivity index (χ1) is 7.78. The van der Waals surface area contributed by atoms with Crippen molar-refractivity contribution >= 4 is 0 Å². The summed E-state index contributed by atoms with van der Waals surface area (Å²) < 4.78 is 24.8. The van der Waals surface area contributed by atoms with Gasteiger partial charge in [0.05, 0.1) is 4.92 Å². The molecule has 0 saturated heterocycles. The standard InChI is InChI=1S/C8H12F2N2O2.C3H6/c1-8(2,10)5-7(12(13)14)6(11)3-4-9;1-2-3-1/h3,5H,4,11H2,1-2H3;1-3H2/b6-3+,7-5+;. The highest BCUT2D eigenvalue weighted by Gasteiger charge is 2.22. The molecular weight excluding hydrogens is 230 g/mol. The van der Waals surface area contributed by atoms with E-state index >= 15 is 0 Å². The first-order valence-corrected chi connectivity index (χ1v) is 5.36. The molecule has 1 aliphatic rings. The lowest BCUT2D eigenvalue weighted by atomic mass is 10.1. The quantitative estimate of drug-likeness (QED) is 0.472. The predicted octanol–water partition coefficient (Wildman–Crippen LogP) is 2.88. The number of alkyl halides is 2. The number of allylic oxidation sites excluding steroid dienone is 2. The molecule has 1 saturated carbocycles.